The van der Waals surface area contributed by atoms with Gasteiger partial charge in [-0.05, 0) is 37.2 Å². The summed E-state index contributed by atoms with van der Waals surface area (Å²) >= 11 is 0. The smallest absolute Gasteiger partial charge is 0.177 e. The second-order valence-corrected chi connectivity index (χ2v) is 4.04. The van der Waals surface area contributed by atoms with Gasteiger partial charge in [0.05, 0.1) is 6.61 Å². The van der Waals surface area contributed by atoms with Crippen molar-refractivity contribution in [2.75, 3.05) is 6.61 Å². The standard InChI is InChI=1S/C10H16O2/c1-6-3-4-8-7(2)5-12-10(11)9(6)8/h7-8,10-11H,3-5H2,1-2H3. The lowest BCUT2D eigenvalue weighted by Gasteiger charge is -2.32. The van der Waals surface area contributed by atoms with Crippen molar-refractivity contribution >= 4 is 0 Å². The van der Waals surface area contributed by atoms with Crippen LogP contribution in [0.15, 0.2) is 11.1 Å². The predicted octanol–water partition coefficient (Wildman–Crippen LogP) is 1.70. The van der Waals surface area contributed by atoms with Gasteiger partial charge in [0.1, 0.15) is 0 Å². The maximum Gasteiger partial charge on any atom is 0.177 e. The van der Waals surface area contributed by atoms with Gasteiger partial charge in [0.25, 0.3) is 0 Å². The van der Waals surface area contributed by atoms with Gasteiger partial charge >= 0.3 is 0 Å². The number of hydrogen-bond donors (Lipinski definition) is 1. The zero-order valence-corrected chi connectivity index (χ0v) is 7.71. The average Bonchev–Trinajstić information content (AvgIpc) is 2.42. The maximum atomic E-state index is 9.59. The minimum absolute atomic E-state index is 0.584. The molecule has 1 heterocycles. The number of aliphatic hydroxyl groups excluding tert-OH is 1. The van der Waals surface area contributed by atoms with E-state index in [1.54, 1.807) is 0 Å². The minimum Gasteiger partial charge on any atom is -0.364 e. The molecule has 2 aliphatic rings. The SMILES string of the molecule is CC1=C2C(O)OCC(C)C2CC1. The van der Waals surface area contributed by atoms with Crippen LogP contribution >= 0.6 is 0 Å². The first-order valence-electron chi connectivity index (χ1n) is 4.69. The summed E-state index contributed by atoms with van der Waals surface area (Å²) in [5, 5.41) is 9.59. The van der Waals surface area contributed by atoms with Crippen molar-refractivity contribution in [2.24, 2.45) is 11.8 Å². The highest BCUT2D eigenvalue weighted by Gasteiger charge is 2.36. The molecule has 2 rings (SSSR count). The van der Waals surface area contributed by atoms with E-state index in [1.807, 2.05) is 0 Å². The lowest BCUT2D eigenvalue weighted by molar-refractivity contribution is -0.115. The van der Waals surface area contributed by atoms with Gasteiger partial charge in [0.15, 0.2) is 6.29 Å². The number of hydrogen-bond acceptors (Lipinski definition) is 2. The minimum atomic E-state index is -0.603. The highest BCUT2D eigenvalue weighted by atomic mass is 16.6. The molecule has 12 heavy (non-hydrogen) atoms. The van der Waals surface area contributed by atoms with E-state index < -0.39 is 6.29 Å². The van der Waals surface area contributed by atoms with Crippen LogP contribution in [0, 0.1) is 11.8 Å². The van der Waals surface area contributed by atoms with Gasteiger partial charge < -0.3 is 9.84 Å². The molecule has 1 saturated heterocycles. The first kappa shape index (κ1) is 8.27. The highest BCUT2D eigenvalue weighted by molar-refractivity contribution is 5.25. The summed E-state index contributed by atoms with van der Waals surface area (Å²) in [7, 11) is 0. The zero-order valence-electron chi connectivity index (χ0n) is 7.71. The summed E-state index contributed by atoms with van der Waals surface area (Å²) in [5.41, 5.74) is 2.52. The molecule has 0 spiro atoms. The van der Waals surface area contributed by atoms with E-state index in [2.05, 4.69) is 13.8 Å². The Hall–Kier alpha value is -0.340. The van der Waals surface area contributed by atoms with Crippen molar-refractivity contribution in [3.8, 4) is 0 Å². The molecule has 1 fully saturated rings. The highest BCUT2D eigenvalue weighted by Crippen LogP contribution is 2.41. The summed E-state index contributed by atoms with van der Waals surface area (Å²) in [6, 6.07) is 0. The van der Waals surface area contributed by atoms with Gasteiger partial charge in [-0.2, -0.15) is 0 Å². The van der Waals surface area contributed by atoms with Crippen LogP contribution in [0.25, 0.3) is 0 Å². The molecule has 1 N–H and O–H groups in total. The van der Waals surface area contributed by atoms with Crippen LogP contribution < -0.4 is 0 Å². The van der Waals surface area contributed by atoms with Gasteiger partial charge in [0, 0.05) is 0 Å². The molecular formula is C10H16O2. The molecule has 0 aromatic heterocycles. The zero-order chi connectivity index (χ0) is 8.72. The molecule has 1 aliphatic carbocycles. The van der Waals surface area contributed by atoms with Gasteiger partial charge in [-0.15, -0.1) is 0 Å². The first-order valence-corrected chi connectivity index (χ1v) is 4.69. The van der Waals surface area contributed by atoms with E-state index in [-0.39, 0.29) is 0 Å². The summed E-state index contributed by atoms with van der Waals surface area (Å²) in [5.74, 6) is 1.18. The van der Waals surface area contributed by atoms with Crippen molar-refractivity contribution in [1.29, 1.82) is 0 Å². The second kappa shape index (κ2) is 2.86. The monoisotopic (exact) mass is 168 g/mol. The molecule has 2 nitrogen and oxygen atoms in total. The fourth-order valence-electron chi connectivity index (χ4n) is 2.42. The molecule has 0 amide bonds. The topological polar surface area (TPSA) is 29.5 Å². The third kappa shape index (κ3) is 1.10. The van der Waals surface area contributed by atoms with E-state index in [0.29, 0.717) is 18.4 Å². The summed E-state index contributed by atoms with van der Waals surface area (Å²) in [6.07, 6.45) is 1.75. The lowest BCUT2D eigenvalue weighted by atomic mass is 9.86. The van der Waals surface area contributed by atoms with Crippen LogP contribution in [0.1, 0.15) is 26.7 Å². The Morgan fingerprint density at radius 1 is 1.50 bits per heavy atom. The van der Waals surface area contributed by atoms with E-state index in [0.717, 1.165) is 6.42 Å². The fraction of sp³-hybridized carbons (Fsp3) is 0.800. The van der Waals surface area contributed by atoms with E-state index in [1.165, 1.54) is 17.6 Å². The number of fused-ring (bicyclic) bond motifs is 1. The quantitative estimate of drug-likeness (QED) is 0.558. The number of rotatable bonds is 0. The van der Waals surface area contributed by atoms with Crippen LogP contribution in [0.5, 0.6) is 0 Å². The lowest BCUT2D eigenvalue weighted by Crippen LogP contribution is -2.33. The van der Waals surface area contributed by atoms with Gasteiger partial charge in [-0.1, -0.05) is 12.5 Å². The van der Waals surface area contributed by atoms with Crippen molar-refractivity contribution in [2.45, 2.75) is 33.0 Å². The molecule has 0 saturated carbocycles. The Balaban J connectivity index is 2.27. The van der Waals surface area contributed by atoms with Crippen LogP contribution in [-0.4, -0.2) is 18.0 Å². The van der Waals surface area contributed by atoms with Gasteiger partial charge in [-0.3, -0.25) is 0 Å². The van der Waals surface area contributed by atoms with Crippen LogP contribution in [0.3, 0.4) is 0 Å². The fourth-order valence-corrected chi connectivity index (χ4v) is 2.42. The molecular weight excluding hydrogens is 152 g/mol. The van der Waals surface area contributed by atoms with Gasteiger partial charge in [-0.25, -0.2) is 0 Å². The summed E-state index contributed by atoms with van der Waals surface area (Å²) in [6.45, 7) is 5.03. The van der Waals surface area contributed by atoms with E-state index >= 15 is 0 Å². The van der Waals surface area contributed by atoms with Crippen LogP contribution in [-0.2, 0) is 4.74 Å². The molecule has 0 radical (unpaired) electrons. The van der Waals surface area contributed by atoms with Crippen LogP contribution in [0.4, 0.5) is 0 Å². The molecule has 0 aromatic carbocycles. The Kier molecular flexibility index (Phi) is 1.97. The molecule has 68 valence electrons. The first-order chi connectivity index (χ1) is 5.70. The molecule has 0 aromatic rings. The predicted molar refractivity (Wildman–Crippen MR) is 46.5 cm³/mol. The van der Waals surface area contributed by atoms with Crippen molar-refractivity contribution in [3.63, 3.8) is 0 Å². The molecule has 1 aliphatic heterocycles. The maximum absolute atomic E-state index is 9.59. The molecule has 3 atom stereocenters. The largest absolute Gasteiger partial charge is 0.364 e. The Morgan fingerprint density at radius 3 is 2.92 bits per heavy atom. The van der Waals surface area contributed by atoms with Gasteiger partial charge in [0.2, 0.25) is 0 Å². The average molecular weight is 168 g/mol. The van der Waals surface area contributed by atoms with Crippen molar-refractivity contribution < 1.29 is 9.84 Å². The van der Waals surface area contributed by atoms with E-state index in [4.69, 9.17) is 4.74 Å². The third-order valence-corrected chi connectivity index (χ3v) is 3.19. The van der Waals surface area contributed by atoms with E-state index in [9.17, 15) is 5.11 Å². The molecule has 0 bridgehead atoms. The second-order valence-electron chi connectivity index (χ2n) is 4.04. The number of allylic oxidation sites excluding steroid dienone is 1. The molecule has 3 unspecified atom stereocenters. The third-order valence-electron chi connectivity index (χ3n) is 3.19. The van der Waals surface area contributed by atoms with Crippen molar-refractivity contribution in [1.82, 2.24) is 0 Å². The number of aliphatic hydroxyl groups is 1. The normalized spacial score (nSPS) is 41.8. The summed E-state index contributed by atoms with van der Waals surface area (Å²) < 4.78 is 5.27. The Bertz CT molecular complexity index is 220. The Labute approximate surface area is 73.2 Å². The Morgan fingerprint density at radius 2 is 2.25 bits per heavy atom. The molecule has 2 heteroatoms. The summed E-state index contributed by atoms with van der Waals surface area (Å²) in [4.78, 5) is 0. The number of ether oxygens (including phenoxy) is 1. The van der Waals surface area contributed by atoms with Crippen molar-refractivity contribution in [3.05, 3.63) is 11.1 Å². The van der Waals surface area contributed by atoms with Crippen LogP contribution in [0.2, 0.25) is 0 Å².